The highest BCUT2D eigenvalue weighted by Gasteiger charge is 2.20. The Hall–Kier alpha value is -3.34. The molecule has 0 aliphatic rings. The molecule has 0 unspecified atom stereocenters. The number of ether oxygens (including phenoxy) is 1. The second-order valence-corrected chi connectivity index (χ2v) is 10.4. The fraction of sp³-hybridized carbons (Fsp3) is 0.185. The van der Waals surface area contributed by atoms with Crippen molar-refractivity contribution >= 4 is 56.9 Å². The first-order chi connectivity index (χ1) is 18.4. The molecule has 0 saturated carbocycles. The molecular weight excluding hydrogens is 592 g/mol. The fourth-order valence-corrected chi connectivity index (χ4v) is 4.82. The Morgan fingerprint density at radius 2 is 1.89 bits per heavy atom. The Kier molecular flexibility index (Phi) is 9.43. The van der Waals surface area contributed by atoms with Crippen molar-refractivity contribution in [2.75, 3.05) is 17.7 Å². The number of nitrogens with zero attached hydrogens (tertiary/aromatic N) is 3. The minimum absolute atomic E-state index is 0.0222. The average molecular weight is 616 g/mol. The number of thioether (sulfide) groups is 1. The van der Waals surface area contributed by atoms with Gasteiger partial charge in [-0.1, -0.05) is 70.8 Å². The average Bonchev–Trinajstić information content (AvgIpc) is 3.34. The Balaban J connectivity index is 1.52. The van der Waals surface area contributed by atoms with E-state index >= 15 is 0 Å². The smallest absolute Gasteiger partial charge is 0.339 e. The molecule has 0 fully saturated rings. The Morgan fingerprint density at radius 1 is 1.11 bits per heavy atom. The van der Waals surface area contributed by atoms with E-state index in [0.29, 0.717) is 28.8 Å². The third-order valence-electron chi connectivity index (χ3n) is 5.38. The fourth-order valence-electron chi connectivity index (χ4n) is 3.51. The number of amides is 1. The van der Waals surface area contributed by atoms with Crippen molar-refractivity contribution in [3.05, 3.63) is 81.8 Å². The van der Waals surface area contributed by atoms with Crippen LogP contribution in [0.15, 0.2) is 76.4 Å². The lowest BCUT2D eigenvalue weighted by Crippen LogP contribution is -2.15. The number of unbranched alkanes of at least 4 members (excludes halogenated alkanes) is 1. The first kappa shape index (κ1) is 27.7. The number of aromatic nitrogens is 3. The monoisotopic (exact) mass is 614 g/mol. The molecule has 1 amide bonds. The summed E-state index contributed by atoms with van der Waals surface area (Å²) in [4.78, 5) is 25.2. The van der Waals surface area contributed by atoms with Gasteiger partial charge in [-0.3, -0.25) is 9.36 Å². The van der Waals surface area contributed by atoms with Gasteiger partial charge in [0, 0.05) is 15.8 Å². The maximum Gasteiger partial charge on any atom is 0.339 e. The third-order valence-corrected chi connectivity index (χ3v) is 7.13. The number of phenolic OH excluding ortho intramolecular Hbond substituents is 1. The molecule has 0 saturated heterocycles. The minimum Gasteiger partial charge on any atom is -0.507 e. The van der Waals surface area contributed by atoms with Crippen LogP contribution in [-0.4, -0.2) is 44.1 Å². The molecule has 0 atom stereocenters. The number of esters is 1. The largest absolute Gasteiger partial charge is 0.507 e. The Morgan fingerprint density at radius 3 is 2.66 bits per heavy atom. The van der Waals surface area contributed by atoms with E-state index in [1.54, 1.807) is 34.9 Å². The molecule has 3 aromatic carbocycles. The van der Waals surface area contributed by atoms with Gasteiger partial charge in [0.2, 0.25) is 5.91 Å². The molecule has 2 N–H and O–H groups in total. The molecule has 4 aromatic rings. The zero-order chi connectivity index (χ0) is 27.1. The van der Waals surface area contributed by atoms with Gasteiger partial charge in [0.25, 0.3) is 0 Å². The van der Waals surface area contributed by atoms with Crippen LogP contribution in [0.4, 0.5) is 5.69 Å². The minimum atomic E-state index is -0.534. The van der Waals surface area contributed by atoms with E-state index in [1.807, 2.05) is 37.3 Å². The van der Waals surface area contributed by atoms with Gasteiger partial charge < -0.3 is 15.2 Å². The number of carbonyl (C=O) groups is 2. The van der Waals surface area contributed by atoms with Gasteiger partial charge in [-0.15, -0.1) is 10.2 Å². The van der Waals surface area contributed by atoms with E-state index in [1.165, 1.54) is 17.8 Å². The van der Waals surface area contributed by atoms with Gasteiger partial charge in [0.1, 0.15) is 5.75 Å². The van der Waals surface area contributed by atoms with E-state index in [9.17, 15) is 14.7 Å². The summed E-state index contributed by atoms with van der Waals surface area (Å²) in [6, 6.07) is 19.2. The number of hydrogen-bond donors (Lipinski definition) is 2. The molecule has 1 heterocycles. The number of rotatable bonds is 10. The Labute approximate surface area is 237 Å². The van der Waals surface area contributed by atoms with Crippen LogP contribution in [0.25, 0.3) is 17.1 Å². The molecule has 0 aliphatic heterocycles. The molecule has 0 aliphatic carbocycles. The molecule has 0 radical (unpaired) electrons. The van der Waals surface area contributed by atoms with Crippen molar-refractivity contribution in [1.29, 1.82) is 0 Å². The van der Waals surface area contributed by atoms with Gasteiger partial charge in [-0.2, -0.15) is 0 Å². The summed E-state index contributed by atoms with van der Waals surface area (Å²) in [5.41, 5.74) is 1.88. The summed E-state index contributed by atoms with van der Waals surface area (Å²) in [5.74, 6) is -0.333. The second-order valence-electron chi connectivity index (χ2n) is 8.16. The highest BCUT2D eigenvalue weighted by atomic mass is 79.9. The summed E-state index contributed by atoms with van der Waals surface area (Å²) < 4.78 is 7.81. The number of para-hydroxylation sites is 1. The van der Waals surface area contributed by atoms with E-state index in [2.05, 4.69) is 31.4 Å². The predicted molar refractivity (Wildman–Crippen MR) is 152 cm³/mol. The molecule has 0 bridgehead atoms. The summed E-state index contributed by atoms with van der Waals surface area (Å²) in [7, 11) is 0. The lowest BCUT2D eigenvalue weighted by molar-refractivity contribution is -0.113. The number of carbonyl (C=O) groups excluding carboxylic acids is 2. The number of halogens is 2. The normalized spacial score (nSPS) is 10.8. The van der Waals surface area contributed by atoms with Crippen molar-refractivity contribution in [3.8, 4) is 22.8 Å². The number of benzene rings is 3. The molecule has 4 rings (SSSR count). The van der Waals surface area contributed by atoms with Crippen molar-refractivity contribution in [2.24, 2.45) is 0 Å². The molecule has 11 heteroatoms. The summed E-state index contributed by atoms with van der Waals surface area (Å²) in [6.07, 6.45) is 1.66. The topological polar surface area (TPSA) is 106 Å². The molecule has 196 valence electrons. The van der Waals surface area contributed by atoms with Crippen molar-refractivity contribution in [3.63, 3.8) is 0 Å². The Bertz CT molecular complexity index is 1450. The maximum absolute atomic E-state index is 12.8. The predicted octanol–water partition coefficient (Wildman–Crippen LogP) is 6.74. The van der Waals surface area contributed by atoms with Gasteiger partial charge in [0.15, 0.2) is 11.0 Å². The number of hydrogen-bond acceptors (Lipinski definition) is 7. The highest BCUT2D eigenvalue weighted by Crippen LogP contribution is 2.34. The SMILES string of the molecule is CCCCOC(=O)c1cc(NC(=O)CSc2nnc(-c3cc(Br)ccc3O)n2-c2ccccc2)ccc1Cl. The quantitative estimate of drug-likeness (QED) is 0.116. The second kappa shape index (κ2) is 12.9. The van der Waals surface area contributed by atoms with E-state index in [0.717, 1.165) is 23.0 Å². The highest BCUT2D eigenvalue weighted by molar-refractivity contribution is 9.10. The molecule has 0 spiro atoms. The summed E-state index contributed by atoms with van der Waals surface area (Å²) in [6.45, 7) is 2.31. The van der Waals surface area contributed by atoms with Crippen molar-refractivity contribution in [2.45, 2.75) is 24.9 Å². The van der Waals surface area contributed by atoms with Gasteiger partial charge in [-0.05, 0) is 55.0 Å². The van der Waals surface area contributed by atoms with Crippen LogP contribution in [0, 0.1) is 0 Å². The molecular formula is C27H24BrClN4O4S. The number of nitrogens with one attached hydrogen (secondary N) is 1. The van der Waals surface area contributed by atoms with Gasteiger partial charge in [-0.25, -0.2) is 4.79 Å². The van der Waals surface area contributed by atoms with E-state index in [-0.39, 0.29) is 28.0 Å². The lowest BCUT2D eigenvalue weighted by Gasteiger charge is -2.12. The van der Waals surface area contributed by atoms with Crippen molar-refractivity contribution < 1.29 is 19.4 Å². The summed E-state index contributed by atoms with van der Waals surface area (Å²) in [5, 5.41) is 22.6. The molecule has 8 nitrogen and oxygen atoms in total. The first-order valence-electron chi connectivity index (χ1n) is 11.8. The third kappa shape index (κ3) is 6.75. The first-order valence-corrected chi connectivity index (χ1v) is 13.9. The van der Waals surface area contributed by atoms with Crippen LogP contribution in [-0.2, 0) is 9.53 Å². The molecule has 38 heavy (non-hydrogen) atoms. The number of phenols is 1. The van der Waals surface area contributed by atoms with Crippen LogP contribution in [0.2, 0.25) is 5.02 Å². The van der Waals surface area contributed by atoms with Gasteiger partial charge in [0.05, 0.1) is 28.5 Å². The van der Waals surface area contributed by atoms with Crippen LogP contribution in [0.1, 0.15) is 30.1 Å². The van der Waals surface area contributed by atoms with Crippen LogP contribution < -0.4 is 5.32 Å². The standard InChI is InChI=1S/C27H24BrClN4O4S/c1-2-3-13-37-26(36)20-15-18(10-11-22(20)29)30-24(35)16-38-27-32-31-25(21-14-17(28)9-12-23(21)34)33(27)19-7-5-4-6-8-19/h4-12,14-15,34H,2-3,13,16H2,1H3,(H,30,35). The lowest BCUT2D eigenvalue weighted by atomic mass is 10.2. The van der Waals surface area contributed by atoms with Crippen LogP contribution in [0.3, 0.4) is 0 Å². The number of anilines is 1. The summed E-state index contributed by atoms with van der Waals surface area (Å²) >= 11 is 10.8. The van der Waals surface area contributed by atoms with Crippen molar-refractivity contribution in [1.82, 2.24) is 14.8 Å². The maximum atomic E-state index is 12.8. The van der Waals surface area contributed by atoms with Crippen LogP contribution >= 0.6 is 39.3 Å². The molecule has 1 aromatic heterocycles. The zero-order valence-electron chi connectivity index (χ0n) is 20.4. The van der Waals surface area contributed by atoms with Crippen LogP contribution in [0.5, 0.6) is 5.75 Å². The van der Waals surface area contributed by atoms with Gasteiger partial charge >= 0.3 is 5.97 Å². The van der Waals surface area contributed by atoms with E-state index < -0.39 is 5.97 Å². The zero-order valence-corrected chi connectivity index (χ0v) is 23.5. The number of aromatic hydroxyl groups is 1. The van der Waals surface area contributed by atoms with E-state index in [4.69, 9.17) is 16.3 Å².